The van der Waals surface area contributed by atoms with Crippen LogP contribution in [0.15, 0.2) is 42.5 Å². The van der Waals surface area contributed by atoms with Gasteiger partial charge in [0.25, 0.3) is 0 Å². The molecule has 1 atom stereocenters. The first kappa shape index (κ1) is 23.0. The summed E-state index contributed by atoms with van der Waals surface area (Å²) < 4.78 is 30.7. The summed E-state index contributed by atoms with van der Waals surface area (Å²) in [6.45, 7) is 3.24. The summed E-state index contributed by atoms with van der Waals surface area (Å²) in [5.74, 6) is -1.27. The molecule has 0 aromatic heterocycles. The standard InChI is InChI=1S/C19H20Cl2N2O5S/c1-4-28-19(25)14-7-5-6-8-16(14)22-18(24)12(2)23(29(3,26)27)17-11-13(20)9-10-15(17)21/h5-12H,4H2,1-3H3,(H,22,24)/t12-/m1/s1. The Labute approximate surface area is 179 Å². The molecule has 0 heterocycles. The zero-order valence-corrected chi connectivity index (χ0v) is 18.3. The van der Waals surface area contributed by atoms with Crippen molar-refractivity contribution in [3.05, 3.63) is 58.1 Å². The normalized spacial score (nSPS) is 12.2. The van der Waals surface area contributed by atoms with E-state index in [0.29, 0.717) is 0 Å². The summed E-state index contributed by atoms with van der Waals surface area (Å²) in [6.07, 6.45) is 0.959. The Kier molecular flexibility index (Phi) is 7.51. The summed E-state index contributed by atoms with van der Waals surface area (Å²) in [5, 5.41) is 2.96. The number of para-hydroxylation sites is 1. The number of nitrogens with zero attached hydrogens (tertiary/aromatic N) is 1. The van der Waals surface area contributed by atoms with Gasteiger partial charge in [0.05, 0.1) is 34.8 Å². The van der Waals surface area contributed by atoms with E-state index in [0.717, 1.165) is 10.6 Å². The van der Waals surface area contributed by atoms with Crippen LogP contribution in [-0.2, 0) is 19.6 Å². The van der Waals surface area contributed by atoms with E-state index >= 15 is 0 Å². The van der Waals surface area contributed by atoms with E-state index in [1.165, 1.54) is 37.3 Å². The van der Waals surface area contributed by atoms with Gasteiger partial charge in [0.1, 0.15) is 6.04 Å². The predicted molar refractivity (Wildman–Crippen MR) is 114 cm³/mol. The van der Waals surface area contributed by atoms with E-state index < -0.39 is 27.9 Å². The van der Waals surface area contributed by atoms with E-state index in [2.05, 4.69) is 5.32 Å². The number of sulfonamides is 1. The molecule has 0 saturated heterocycles. The molecule has 29 heavy (non-hydrogen) atoms. The summed E-state index contributed by atoms with van der Waals surface area (Å²) in [6, 6.07) is 9.41. The van der Waals surface area contributed by atoms with E-state index in [9.17, 15) is 18.0 Å². The maximum absolute atomic E-state index is 12.9. The second-order valence-electron chi connectivity index (χ2n) is 6.09. The number of anilines is 2. The van der Waals surface area contributed by atoms with Crippen LogP contribution in [0.25, 0.3) is 0 Å². The van der Waals surface area contributed by atoms with Crippen LogP contribution >= 0.6 is 23.2 Å². The van der Waals surface area contributed by atoms with Crippen molar-refractivity contribution in [2.75, 3.05) is 22.5 Å². The molecule has 0 aliphatic rings. The molecule has 0 bridgehead atoms. The number of carbonyl (C=O) groups excluding carboxylic acids is 2. The highest BCUT2D eigenvalue weighted by Gasteiger charge is 2.31. The molecule has 2 aromatic carbocycles. The fourth-order valence-corrected chi connectivity index (χ4v) is 4.26. The molecule has 0 saturated carbocycles. The van der Waals surface area contributed by atoms with Gasteiger partial charge in [0, 0.05) is 5.02 Å². The Morgan fingerprint density at radius 2 is 1.83 bits per heavy atom. The van der Waals surface area contributed by atoms with Crippen molar-refractivity contribution in [2.45, 2.75) is 19.9 Å². The van der Waals surface area contributed by atoms with Crippen LogP contribution in [0.4, 0.5) is 11.4 Å². The van der Waals surface area contributed by atoms with E-state index in [-0.39, 0.29) is 33.6 Å². The van der Waals surface area contributed by atoms with Crippen molar-refractivity contribution < 1.29 is 22.7 Å². The highest BCUT2D eigenvalue weighted by molar-refractivity contribution is 7.92. The van der Waals surface area contributed by atoms with Gasteiger partial charge < -0.3 is 10.1 Å². The zero-order valence-electron chi connectivity index (χ0n) is 16.0. The fourth-order valence-electron chi connectivity index (χ4n) is 2.65. The molecule has 156 valence electrons. The quantitative estimate of drug-likeness (QED) is 0.633. The van der Waals surface area contributed by atoms with Gasteiger partial charge >= 0.3 is 5.97 Å². The van der Waals surface area contributed by atoms with Crippen LogP contribution in [-0.4, -0.2) is 39.2 Å². The van der Waals surface area contributed by atoms with Crippen LogP contribution in [0, 0.1) is 0 Å². The van der Waals surface area contributed by atoms with Crippen LogP contribution in [0.1, 0.15) is 24.2 Å². The molecule has 0 aliphatic heterocycles. The van der Waals surface area contributed by atoms with Crippen molar-refractivity contribution in [3.63, 3.8) is 0 Å². The lowest BCUT2D eigenvalue weighted by Gasteiger charge is -2.29. The van der Waals surface area contributed by atoms with Gasteiger partial charge in [0.15, 0.2) is 0 Å². The number of amides is 1. The van der Waals surface area contributed by atoms with E-state index in [4.69, 9.17) is 27.9 Å². The average molecular weight is 459 g/mol. The highest BCUT2D eigenvalue weighted by Crippen LogP contribution is 2.32. The molecule has 1 amide bonds. The summed E-state index contributed by atoms with van der Waals surface area (Å²) in [4.78, 5) is 25.0. The molecule has 7 nitrogen and oxygen atoms in total. The van der Waals surface area contributed by atoms with E-state index in [1.54, 1.807) is 19.1 Å². The second kappa shape index (κ2) is 9.47. The minimum absolute atomic E-state index is 0.0722. The van der Waals surface area contributed by atoms with Gasteiger partial charge in [-0.3, -0.25) is 9.10 Å². The predicted octanol–water partition coefficient (Wildman–Crippen LogP) is 3.96. The van der Waals surface area contributed by atoms with Gasteiger partial charge in [-0.15, -0.1) is 0 Å². The lowest BCUT2D eigenvalue weighted by Crippen LogP contribution is -2.45. The molecule has 0 spiro atoms. The zero-order chi connectivity index (χ0) is 21.8. The smallest absolute Gasteiger partial charge is 0.340 e. The Bertz CT molecular complexity index is 1030. The summed E-state index contributed by atoms with van der Waals surface area (Å²) in [7, 11) is -3.89. The van der Waals surface area contributed by atoms with Gasteiger partial charge in [-0.05, 0) is 44.2 Å². The first-order valence-electron chi connectivity index (χ1n) is 8.57. The average Bonchev–Trinajstić information content (AvgIpc) is 2.64. The van der Waals surface area contributed by atoms with Crippen LogP contribution in [0.3, 0.4) is 0 Å². The lowest BCUT2D eigenvalue weighted by molar-refractivity contribution is -0.116. The van der Waals surface area contributed by atoms with Crippen LogP contribution in [0.2, 0.25) is 10.0 Å². The maximum atomic E-state index is 12.9. The summed E-state index contributed by atoms with van der Waals surface area (Å²) in [5.41, 5.74) is 0.429. The lowest BCUT2D eigenvalue weighted by atomic mass is 10.1. The molecule has 0 unspecified atom stereocenters. The number of benzene rings is 2. The number of hydrogen-bond donors (Lipinski definition) is 1. The third-order valence-corrected chi connectivity index (χ3v) is 5.70. The number of ether oxygens (including phenoxy) is 1. The van der Waals surface area contributed by atoms with E-state index in [1.807, 2.05) is 0 Å². The Hall–Kier alpha value is -2.29. The third-order valence-electron chi connectivity index (χ3n) is 3.91. The number of hydrogen-bond acceptors (Lipinski definition) is 5. The SMILES string of the molecule is CCOC(=O)c1ccccc1NC(=O)[C@@H](C)N(c1cc(Cl)ccc1Cl)S(C)(=O)=O. The van der Waals surface area contributed by atoms with Crippen molar-refractivity contribution in [2.24, 2.45) is 0 Å². The number of nitrogens with one attached hydrogen (secondary N) is 1. The topological polar surface area (TPSA) is 92.8 Å². The monoisotopic (exact) mass is 458 g/mol. The van der Waals surface area contributed by atoms with Crippen molar-refractivity contribution in [1.29, 1.82) is 0 Å². The molecule has 0 fully saturated rings. The molecule has 1 N–H and O–H groups in total. The third kappa shape index (κ3) is 5.62. The second-order valence-corrected chi connectivity index (χ2v) is 8.79. The molecule has 2 aromatic rings. The van der Waals surface area contributed by atoms with Gasteiger partial charge in [-0.2, -0.15) is 0 Å². The number of halogens is 2. The molecule has 0 aliphatic carbocycles. The van der Waals surface area contributed by atoms with Crippen molar-refractivity contribution in [3.8, 4) is 0 Å². The Morgan fingerprint density at radius 3 is 2.45 bits per heavy atom. The van der Waals surface area contributed by atoms with Gasteiger partial charge in [0.2, 0.25) is 15.9 Å². The number of esters is 1. The van der Waals surface area contributed by atoms with Crippen LogP contribution < -0.4 is 9.62 Å². The van der Waals surface area contributed by atoms with Gasteiger partial charge in [-0.25, -0.2) is 13.2 Å². The number of carbonyl (C=O) groups is 2. The highest BCUT2D eigenvalue weighted by atomic mass is 35.5. The van der Waals surface area contributed by atoms with Crippen molar-refractivity contribution in [1.82, 2.24) is 0 Å². The largest absolute Gasteiger partial charge is 0.462 e. The number of rotatable bonds is 7. The minimum Gasteiger partial charge on any atom is -0.462 e. The summed E-state index contributed by atoms with van der Waals surface area (Å²) >= 11 is 12.1. The molecular formula is C19H20Cl2N2O5S. The molecule has 0 radical (unpaired) electrons. The Morgan fingerprint density at radius 1 is 1.17 bits per heavy atom. The fraction of sp³-hybridized carbons (Fsp3) is 0.263. The minimum atomic E-state index is -3.89. The van der Waals surface area contributed by atoms with Crippen molar-refractivity contribution >= 4 is 56.5 Å². The first-order valence-corrected chi connectivity index (χ1v) is 11.2. The first-order chi connectivity index (χ1) is 13.6. The van der Waals surface area contributed by atoms with Gasteiger partial charge in [-0.1, -0.05) is 35.3 Å². The Balaban J connectivity index is 2.39. The maximum Gasteiger partial charge on any atom is 0.340 e. The molecule has 2 rings (SSSR count). The molecule has 10 heteroatoms. The molecular weight excluding hydrogens is 439 g/mol. The van der Waals surface area contributed by atoms with Crippen LogP contribution in [0.5, 0.6) is 0 Å².